The van der Waals surface area contributed by atoms with Gasteiger partial charge in [-0.3, -0.25) is 9.69 Å². The zero-order valence-corrected chi connectivity index (χ0v) is 14.2. The Balaban J connectivity index is 1.66. The maximum absolute atomic E-state index is 12.6. The number of likely N-dealkylation sites (N-methyl/N-ethyl adjacent to an activating group) is 1. The smallest absolute Gasteiger partial charge is 0.242 e. The first-order valence-electron chi connectivity index (χ1n) is 7.87. The molecule has 24 heavy (non-hydrogen) atoms. The molecule has 1 aliphatic heterocycles. The second-order valence-electron chi connectivity index (χ2n) is 5.94. The van der Waals surface area contributed by atoms with Gasteiger partial charge in [0.25, 0.3) is 0 Å². The van der Waals surface area contributed by atoms with Crippen LogP contribution in [0.25, 0.3) is 0 Å². The number of fused-ring (bicyclic) bond motifs is 1. The molecule has 3 rings (SSSR count). The van der Waals surface area contributed by atoms with Gasteiger partial charge in [-0.25, -0.2) is 4.98 Å². The van der Waals surface area contributed by atoms with Crippen LogP contribution in [0.3, 0.4) is 0 Å². The fourth-order valence-corrected chi connectivity index (χ4v) is 2.80. The molecule has 1 N–H and O–H groups in total. The number of amides is 1. The van der Waals surface area contributed by atoms with Crippen molar-refractivity contribution in [3.8, 4) is 11.5 Å². The Bertz CT molecular complexity index is 726. The lowest BCUT2D eigenvalue weighted by molar-refractivity contribution is -0.125. The number of benzene rings is 1. The summed E-state index contributed by atoms with van der Waals surface area (Å²) in [7, 11) is 3.77. The molecule has 0 fully saturated rings. The molecule has 0 unspecified atom stereocenters. The summed E-state index contributed by atoms with van der Waals surface area (Å²) in [4.78, 5) is 18.7. The summed E-state index contributed by atoms with van der Waals surface area (Å²) in [5, 5.41) is 2.99. The number of nitrogens with one attached hydrogen (secondary N) is 1. The molecule has 2 aromatic rings. The lowest BCUT2D eigenvalue weighted by Gasteiger charge is -2.24. The number of carbonyl (C=O) groups is 1. The molecule has 0 spiro atoms. The van der Waals surface area contributed by atoms with Gasteiger partial charge >= 0.3 is 0 Å². The summed E-state index contributed by atoms with van der Waals surface area (Å²) < 4.78 is 12.7. The van der Waals surface area contributed by atoms with Gasteiger partial charge in [0.15, 0.2) is 11.5 Å². The normalized spacial score (nSPS) is 14.0. The molecule has 7 heteroatoms. The van der Waals surface area contributed by atoms with Gasteiger partial charge in [-0.2, -0.15) is 0 Å². The Morgan fingerprint density at radius 1 is 1.38 bits per heavy atom. The second-order valence-corrected chi connectivity index (χ2v) is 5.94. The summed E-state index contributed by atoms with van der Waals surface area (Å²) >= 11 is 0. The molecule has 0 bridgehead atoms. The third-order valence-electron chi connectivity index (χ3n) is 4.05. The average molecular weight is 330 g/mol. The molecule has 1 atom stereocenters. The molecule has 1 amide bonds. The van der Waals surface area contributed by atoms with E-state index in [1.165, 1.54) is 0 Å². The summed E-state index contributed by atoms with van der Waals surface area (Å²) in [5.74, 6) is 2.29. The van der Waals surface area contributed by atoms with Gasteiger partial charge in [0, 0.05) is 25.5 Å². The highest BCUT2D eigenvalue weighted by atomic mass is 16.7. The van der Waals surface area contributed by atoms with Crippen molar-refractivity contribution in [3.63, 3.8) is 0 Å². The molecule has 0 saturated heterocycles. The molecule has 1 aromatic carbocycles. The van der Waals surface area contributed by atoms with Crippen molar-refractivity contribution < 1.29 is 14.3 Å². The van der Waals surface area contributed by atoms with Crippen LogP contribution >= 0.6 is 0 Å². The monoisotopic (exact) mass is 330 g/mol. The minimum Gasteiger partial charge on any atom is -0.454 e. The van der Waals surface area contributed by atoms with Crippen LogP contribution in [-0.2, 0) is 11.3 Å². The molecule has 7 nitrogen and oxygen atoms in total. The number of carbonyl (C=O) groups excluding carboxylic acids is 1. The van der Waals surface area contributed by atoms with Crippen LogP contribution < -0.4 is 14.8 Å². The van der Waals surface area contributed by atoms with Gasteiger partial charge < -0.3 is 19.4 Å². The molecule has 0 radical (unpaired) electrons. The van der Waals surface area contributed by atoms with E-state index in [2.05, 4.69) is 10.3 Å². The molecule has 1 aromatic heterocycles. The highest BCUT2D eigenvalue weighted by Crippen LogP contribution is 2.35. The lowest BCUT2D eigenvalue weighted by atomic mass is 10.0. The first-order valence-corrected chi connectivity index (χ1v) is 7.87. The molecule has 0 aliphatic carbocycles. The summed E-state index contributed by atoms with van der Waals surface area (Å²) in [6.07, 6.45) is 3.66. The van der Waals surface area contributed by atoms with Crippen molar-refractivity contribution in [2.75, 3.05) is 27.4 Å². The maximum Gasteiger partial charge on any atom is 0.242 e. The van der Waals surface area contributed by atoms with Crippen LogP contribution in [0.1, 0.15) is 17.4 Å². The van der Waals surface area contributed by atoms with Crippen molar-refractivity contribution in [1.82, 2.24) is 19.8 Å². The summed E-state index contributed by atoms with van der Waals surface area (Å²) in [6.45, 7) is 3.41. The van der Waals surface area contributed by atoms with Crippen LogP contribution in [-0.4, -0.2) is 47.8 Å². The predicted molar refractivity (Wildman–Crippen MR) is 89.0 cm³/mol. The van der Waals surface area contributed by atoms with E-state index >= 15 is 0 Å². The van der Waals surface area contributed by atoms with Crippen molar-refractivity contribution in [2.24, 2.45) is 0 Å². The molecule has 0 saturated carbocycles. The van der Waals surface area contributed by atoms with Gasteiger partial charge in [-0.15, -0.1) is 0 Å². The molecule has 1 aliphatic rings. The number of hydrogen-bond acceptors (Lipinski definition) is 5. The Hall–Kier alpha value is -2.54. The largest absolute Gasteiger partial charge is 0.454 e. The number of ether oxygens (including phenoxy) is 2. The quantitative estimate of drug-likeness (QED) is 0.866. The summed E-state index contributed by atoms with van der Waals surface area (Å²) in [5.41, 5.74) is 0.876. The first kappa shape index (κ1) is 16.3. The Morgan fingerprint density at radius 3 is 2.88 bits per heavy atom. The fourth-order valence-electron chi connectivity index (χ4n) is 2.80. The SMILES string of the molecule is Cc1nccn1CCNC(=O)[C@@H](c1ccc2c(c1)OCO2)N(C)C. The van der Waals surface area contributed by atoms with E-state index in [1.807, 2.05) is 54.9 Å². The average Bonchev–Trinajstić information content (AvgIpc) is 3.16. The van der Waals surface area contributed by atoms with Crippen LogP contribution in [0, 0.1) is 6.92 Å². The van der Waals surface area contributed by atoms with E-state index in [4.69, 9.17) is 9.47 Å². The number of imidazole rings is 1. The van der Waals surface area contributed by atoms with E-state index in [1.54, 1.807) is 6.20 Å². The highest BCUT2D eigenvalue weighted by Gasteiger charge is 2.25. The number of rotatable bonds is 6. The van der Waals surface area contributed by atoms with Crippen LogP contribution in [0.2, 0.25) is 0 Å². The van der Waals surface area contributed by atoms with Gasteiger partial charge in [0.05, 0.1) is 0 Å². The summed E-state index contributed by atoms with van der Waals surface area (Å²) in [6, 6.07) is 5.23. The van der Waals surface area contributed by atoms with Gasteiger partial charge in [0.2, 0.25) is 12.7 Å². The second kappa shape index (κ2) is 6.92. The number of hydrogen-bond donors (Lipinski definition) is 1. The Morgan fingerprint density at radius 2 is 2.17 bits per heavy atom. The van der Waals surface area contributed by atoms with Crippen LogP contribution in [0.5, 0.6) is 11.5 Å². The van der Waals surface area contributed by atoms with Gasteiger partial charge in [-0.05, 0) is 38.7 Å². The van der Waals surface area contributed by atoms with Crippen molar-refractivity contribution >= 4 is 5.91 Å². The van der Waals surface area contributed by atoms with E-state index < -0.39 is 0 Å². The van der Waals surface area contributed by atoms with E-state index in [0.29, 0.717) is 24.6 Å². The zero-order chi connectivity index (χ0) is 17.1. The minimum atomic E-state index is -0.386. The van der Waals surface area contributed by atoms with Crippen LogP contribution in [0.4, 0.5) is 0 Å². The van der Waals surface area contributed by atoms with E-state index in [0.717, 1.165) is 11.4 Å². The van der Waals surface area contributed by atoms with E-state index in [-0.39, 0.29) is 18.7 Å². The lowest BCUT2D eigenvalue weighted by Crippen LogP contribution is -2.38. The standard InChI is InChI=1S/C17H22N4O3/c1-12-18-6-8-21(12)9-7-19-17(22)16(20(2)3)13-4-5-14-15(10-13)24-11-23-14/h4-6,8,10,16H,7,9,11H2,1-3H3,(H,19,22)/t16-/m1/s1. The fraction of sp³-hybridized carbons (Fsp3) is 0.412. The van der Waals surface area contributed by atoms with Gasteiger partial charge in [0.1, 0.15) is 11.9 Å². The first-order chi connectivity index (χ1) is 11.6. The predicted octanol–water partition coefficient (Wildman–Crippen LogP) is 1.34. The Kier molecular flexibility index (Phi) is 4.71. The zero-order valence-electron chi connectivity index (χ0n) is 14.2. The third-order valence-corrected chi connectivity index (χ3v) is 4.05. The number of aryl methyl sites for hydroxylation is 1. The highest BCUT2D eigenvalue weighted by molar-refractivity contribution is 5.83. The van der Waals surface area contributed by atoms with E-state index in [9.17, 15) is 4.79 Å². The molecule has 2 heterocycles. The Labute approximate surface area is 141 Å². The van der Waals surface area contributed by atoms with Gasteiger partial charge in [-0.1, -0.05) is 6.07 Å². The molecular formula is C17H22N4O3. The molecular weight excluding hydrogens is 308 g/mol. The number of nitrogens with zero attached hydrogens (tertiary/aromatic N) is 3. The molecule has 128 valence electrons. The van der Waals surface area contributed by atoms with Crippen molar-refractivity contribution in [1.29, 1.82) is 0 Å². The topological polar surface area (TPSA) is 68.6 Å². The number of aromatic nitrogens is 2. The minimum absolute atomic E-state index is 0.0448. The third kappa shape index (κ3) is 3.35. The maximum atomic E-state index is 12.6. The van der Waals surface area contributed by atoms with Crippen molar-refractivity contribution in [2.45, 2.75) is 19.5 Å². The van der Waals surface area contributed by atoms with Crippen molar-refractivity contribution in [3.05, 3.63) is 42.0 Å². The van der Waals surface area contributed by atoms with Crippen LogP contribution in [0.15, 0.2) is 30.6 Å².